The van der Waals surface area contributed by atoms with Gasteiger partial charge in [-0.2, -0.15) is 0 Å². The third-order valence-corrected chi connectivity index (χ3v) is 3.80. The molecule has 1 fully saturated rings. The highest BCUT2D eigenvalue weighted by Crippen LogP contribution is 2.40. The lowest BCUT2D eigenvalue weighted by atomic mass is 9.64. The molecule has 1 aromatic rings. The Morgan fingerprint density at radius 3 is 2.76 bits per heavy atom. The van der Waals surface area contributed by atoms with Gasteiger partial charge in [0.25, 0.3) is 0 Å². The van der Waals surface area contributed by atoms with Gasteiger partial charge in [0.15, 0.2) is 0 Å². The summed E-state index contributed by atoms with van der Waals surface area (Å²) in [6.07, 6.45) is 0.407. The maximum absolute atomic E-state index is 13.0. The quantitative estimate of drug-likeness (QED) is 0.753. The monoisotopic (exact) mass is 239 g/mol. The van der Waals surface area contributed by atoms with Crippen LogP contribution in [0.3, 0.4) is 0 Å². The Kier molecular flexibility index (Phi) is 3.10. The van der Waals surface area contributed by atoms with E-state index in [4.69, 9.17) is 0 Å². The molecule has 1 saturated carbocycles. The van der Waals surface area contributed by atoms with Gasteiger partial charge in [0.05, 0.1) is 6.10 Å². The molecule has 0 spiro atoms. The zero-order valence-corrected chi connectivity index (χ0v) is 10.1. The van der Waals surface area contributed by atoms with Gasteiger partial charge in [0, 0.05) is 23.6 Å². The van der Waals surface area contributed by atoms with Gasteiger partial charge >= 0.3 is 0 Å². The molecule has 2 atom stereocenters. The number of hydrogen-bond acceptors (Lipinski definition) is 3. The fourth-order valence-corrected chi connectivity index (χ4v) is 2.18. The number of aromatic hydroxyl groups is 1. The average molecular weight is 239 g/mol. The average Bonchev–Trinajstić information content (AvgIpc) is 2.28. The summed E-state index contributed by atoms with van der Waals surface area (Å²) in [6.45, 7) is 4.39. The number of phenols is 1. The maximum atomic E-state index is 13.0. The fraction of sp³-hybridized carbons (Fsp3) is 0.538. The molecule has 94 valence electrons. The largest absolute Gasteiger partial charge is 0.508 e. The van der Waals surface area contributed by atoms with Gasteiger partial charge in [-0.25, -0.2) is 4.39 Å². The normalized spacial score (nSPS) is 26.6. The van der Waals surface area contributed by atoms with E-state index in [0.717, 1.165) is 0 Å². The van der Waals surface area contributed by atoms with Crippen LogP contribution in [0.1, 0.15) is 25.8 Å². The van der Waals surface area contributed by atoms with Crippen LogP contribution in [0.4, 0.5) is 4.39 Å². The van der Waals surface area contributed by atoms with Gasteiger partial charge in [-0.15, -0.1) is 0 Å². The van der Waals surface area contributed by atoms with Crippen molar-refractivity contribution in [1.82, 2.24) is 5.32 Å². The van der Waals surface area contributed by atoms with Crippen LogP contribution in [0.5, 0.6) is 5.75 Å². The Bertz CT molecular complexity index is 420. The molecule has 0 aromatic heterocycles. The molecule has 0 bridgehead atoms. The lowest BCUT2D eigenvalue weighted by Crippen LogP contribution is -2.59. The highest BCUT2D eigenvalue weighted by molar-refractivity contribution is 5.32. The summed E-state index contributed by atoms with van der Waals surface area (Å²) >= 11 is 0. The van der Waals surface area contributed by atoms with Gasteiger partial charge in [-0.3, -0.25) is 0 Å². The summed E-state index contributed by atoms with van der Waals surface area (Å²) in [6, 6.07) is 4.10. The zero-order chi connectivity index (χ0) is 12.6. The topological polar surface area (TPSA) is 52.5 Å². The van der Waals surface area contributed by atoms with Crippen LogP contribution in [0.15, 0.2) is 18.2 Å². The Morgan fingerprint density at radius 2 is 2.18 bits per heavy atom. The first-order valence-corrected chi connectivity index (χ1v) is 5.80. The highest BCUT2D eigenvalue weighted by atomic mass is 19.1. The fourth-order valence-electron chi connectivity index (χ4n) is 2.18. The molecule has 17 heavy (non-hydrogen) atoms. The Hall–Kier alpha value is -1.13. The number of phenolic OH excluding ortho intramolecular Hbond substituents is 1. The summed E-state index contributed by atoms with van der Waals surface area (Å²) in [5.74, 6) is -0.260. The van der Waals surface area contributed by atoms with Gasteiger partial charge < -0.3 is 15.5 Å². The lowest BCUT2D eigenvalue weighted by Gasteiger charge is -2.49. The highest BCUT2D eigenvalue weighted by Gasteiger charge is 2.46. The predicted molar refractivity (Wildman–Crippen MR) is 63.1 cm³/mol. The smallest absolute Gasteiger partial charge is 0.123 e. The molecule has 2 unspecified atom stereocenters. The second-order valence-electron chi connectivity index (χ2n) is 5.28. The van der Waals surface area contributed by atoms with E-state index in [9.17, 15) is 14.6 Å². The molecule has 0 heterocycles. The summed E-state index contributed by atoms with van der Waals surface area (Å²) in [7, 11) is 0. The van der Waals surface area contributed by atoms with Gasteiger partial charge in [0.2, 0.25) is 0 Å². The maximum Gasteiger partial charge on any atom is 0.123 e. The van der Waals surface area contributed by atoms with E-state index in [1.807, 2.05) is 13.8 Å². The van der Waals surface area contributed by atoms with Gasteiger partial charge in [-0.05, 0) is 24.6 Å². The third kappa shape index (κ3) is 2.28. The van der Waals surface area contributed by atoms with E-state index < -0.39 is 0 Å². The molecular formula is C13H18FNO2. The molecule has 0 saturated heterocycles. The predicted octanol–water partition coefficient (Wildman–Crippen LogP) is 1.78. The van der Waals surface area contributed by atoms with E-state index in [2.05, 4.69) is 5.32 Å². The zero-order valence-electron chi connectivity index (χ0n) is 10.1. The number of hydrogen-bond donors (Lipinski definition) is 3. The van der Waals surface area contributed by atoms with E-state index in [-0.39, 0.29) is 29.1 Å². The van der Waals surface area contributed by atoms with Crippen LogP contribution in [-0.2, 0) is 6.54 Å². The number of aliphatic hydroxyl groups is 1. The van der Waals surface area contributed by atoms with Crippen molar-refractivity contribution in [3.63, 3.8) is 0 Å². The minimum Gasteiger partial charge on any atom is -0.508 e. The van der Waals surface area contributed by atoms with Crippen LogP contribution in [0.2, 0.25) is 0 Å². The van der Waals surface area contributed by atoms with Crippen molar-refractivity contribution < 1.29 is 14.6 Å². The third-order valence-electron chi connectivity index (χ3n) is 3.80. The molecule has 0 amide bonds. The lowest BCUT2D eigenvalue weighted by molar-refractivity contribution is -0.0730. The summed E-state index contributed by atoms with van der Waals surface area (Å²) in [5, 5.41) is 22.4. The first-order valence-electron chi connectivity index (χ1n) is 5.80. The van der Waals surface area contributed by atoms with E-state index in [0.29, 0.717) is 18.5 Å². The van der Waals surface area contributed by atoms with Crippen LogP contribution >= 0.6 is 0 Å². The van der Waals surface area contributed by atoms with Crippen molar-refractivity contribution in [2.45, 2.75) is 39.0 Å². The van der Waals surface area contributed by atoms with Crippen molar-refractivity contribution in [2.75, 3.05) is 0 Å². The molecule has 1 aliphatic rings. The summed E-state index contributed by atoms with van der Waals surface area (Å²) < 4.78 is 13.0. The van der Waals surface area contributed by atoms with E-state index in [1.54, 1.807) is 0 Å². The molecular weight excluding hydrogens is 221 g/mol. The second kappa shape index (κ2) is 4.27. The minimum atomic E-state index is -0.354. The van der Waals surface area contributed by atoms with Crippen molar-refractivity contribution in [1.29, 1.82) is 0 Å². The Labute approximate surface area is 100 Å². The van der Waals surface area contributed by atoms with Crippen LogP contribution in [-0.4, -0.2) is 22.4 Å². The molecule has 1 aromatic carbocycles. The number of nitrogens with one attached hydrogen (secondary N) is 1. The number of halogens is 1. The molecule has 3 N–H and O–H groups in total. The molecule has 1 aliphatic carbocycles. The van der Waals surface area contributed by atoms with Crippen molar-refractivity contribution >= 4 is 0 Å². The number of benzene rings is 1. The first-order chi connectivity index (χ1) is 7.91. The van der Waals surface area contributed by atoms with Gasteiger partial charge in [0.1, 0.15) is 11.6 Å². The molecule has 4 heteroatoms. The summed E-state index contributed by atoms with van der Waals surface area (Å²) in [5.41, 5.74) is 0.380. The Balaban J connectivity index is 1.97. The summed E-state index contributed by atoms with van der Waals surface area (Å²) in [4.78, 5) is 0. The molecule has 0 aliphatic heterocycles. The van der Waals surface area contributed by atoms with Crippen LogP contribution in [0, 0.1) is 11.2 Å². The van der Waals surface area contributed by atoms with E-state index in [1.165, 1.54) is 18.2 Å². The SMILES string of the molecule is CC1(C)C(O)CC1NCc1cc(F)ccc1O. The number of rotatable bonds is 3. The van der Waals surface area contributed by atoms with Gasteiger partial charge in [-0.1, -0.05) is 13.8 Å². The minimum absolute atomic E-state index is 0.0941. The van der Waals surface area contributed by atoms with Crippen LogP contribution in [0.25, 0.3) is 0 Å². The van der Waals surface area contributed by atoms with Crippen molar-refractivity contribution in [3.8, 4) is 5.75 Å². The standard InChI is InChI=1S/C13H18FNO2/c1-13(2)11(6-12(13)17)15-7-8-5-9(14)3-4-10(8)16/h3-5,11-12,15-17H,6-7H2,1-2H3. The van der Waals surface area contributed by atoms with Crippen LogP contribution < -0.4 is 5.32 Å². The van der Waals surface area contributed by atoms with E-state index >= 15 is 0 Å². The first kappa shape index (κ1) is 12.3. The Morgan fingerprint density at radius 1 is 1.47 bits per heavy atom. The number of aliphatic hydroxyl groups excluding tert-OH is 1. The second-order valence-corrected chi connectivity index (χ2v) is 5.28. The molecule has 3 nitrogen and oxygen atoms in total. The molecule has 2 rings (SSSR count). The van der Waals surface area contributed by atoms with Crippen molar-refractivity contribution in [2.24, 2.45) is 5.41 Å². The van der Waals surface area contributed by atoms with Crippen molar-refractivity contribution in [3.05, 3.63) is 29.6 Å². The molecule has 0 radical (unpaired) electrons.